The van der Waals surface area contributed by atoms with Gasteiger partial charge in [0.2, 0.25) is 0 Å². The molecule has 0 aliphatic carbocycles. The summed E-state index contributed by atoms with van der Waals surface area (Å²) in [5.41, 5.74) is 2.02. The predicted octanol–water partition coefficient (Wildman–Crippen LogP) is 4.73. The summed E-state index contributed by atoms with van der Waals surface area (Å²) in [6.45, 7) is 2.04. The lowest BCUT2D eigenvalue weighted by Gasteiger charge is -2.17. The molecule has 4 heteroatoms. The van der Waals surface area contributed by atoms with Crippen LogP contribution < -0.4 is 10.1 Å². The second-order valence-corrected chi connectivity index (χ2v) is 5.37. The van der Waals surface area contributed by atoms with Gasteiger partial charge in [0.1, 0.15) is 0 Å². The molecule has 1 N–H and O–H groups in total. The highest BCUT2D eigenvalue weighted by molar-refractivity contribution is 7.98. The van der Waals surface area contributed by atoms with Crippen LogP contribution in [0.5, 0.6) is 5.75 Å². The molecule has 0 amide bonds. The van der Waals surface area contributed by atoms with Crippen molar-refractivity contribution in [1.82, 2.24) is 0 Å². The van der Waals surface area contributed by atoms with Crippen LogP contribution >= 0.6 is 11.8 Å². The quantitative estimate of drug-likeness (QED) is 0.805. The van der Waals surface area contributed by atoms with Crippen LogP contribution in [0.4, 0.5) is 10.1 Å². The maximum absolute atomic E-state index is 13.4. The topological polar surface area (TPSA) is 21.3 Å². The first-order valence-electron chi connectivity index (χ1n) is 6.38. The molecular formula is C16H18FNOS. The molecule has 2 rings (SSSR count). The van der Waals surface area contributed by atoms with Crippen molar-refractivity contribution in [2.75, 3.05) is 18.7 Å². The number of methoxy groups -OCH3 is 1. The highest BCUT2D eigenvalue weighted by atomic mass is 32.2. The van der Waals surface area contributed by atoms with E-state index in [2.05, 4.69) is 23.7 Å². The summed E-state index contributed by atoms with van der Waals surface area (Å²) in [4.78, 5) is 1.23. The first-order valence-corrected chi connectivity index (χ1v) is 7.60. The van der Waals surface area contributed by atoms with Gasteiger partial charge in [0.15, 0.2) is 11.6 Å². The van der Waals surface area contributed by atoms with Crippen molar-refractivity contribution >= 4 is 17.4 Å². The average Bonchev–Trinajstić information content (AvgIpc) is 2.48. The third-order valence-electron chi connectivity index (χ3n) is 3.15. The number of hydrogen-bond acceptors (Lipinski definition) is 3. The minimum atomic E-state index is -0.340. The van der Waals surface area contributed by atoms with E-state index in [1.165, 1.54) is 18.1 Å². The highest BCUT2D eigenvalue weighted by Gasteiger charge is 2.09. The molecule has 0 saturated carbocycles. The van der Waals surface area contributed by atoms with Crippen LogP contribution in [-0.2, 0) is 0 Å². The minimum absolute atomic E-state index is 0.0737. The van der Waals surface area contributed by atoms with Crippen molar-refractivity contribution in [2.24, 2.45) is 0 Å². The third-order valence-corrected chi connectivity index (χ3v) is 3.89. The minimum Gasteiger partial charge on any atom is -0.494 e. The Morgan fingerprint density at radius 3 is 2.45 bits per heavy atom. The van der Waals surface area contributed by atoms with Gasteiger partial charge in [-0.25, -0.2) is 4.39 Å². The van der Waals surface area contributed by atoms with Crippen molar-refractivity contribution in [3.8, 4) is 5.75 Å². The first kappa shape index (κ1) is 14.7. The molecule has 106 valence electrons. The monoisotopic (exact) mass is 291 g/mol. The standard InChI is InChI=1S/C16H18FNOS/c1-11(12-4-9-15(17)16(10-12)19-2)18-13-5-7-14(20-3)8-6-13/h4-11,18H,1-3H3. The molecule has 2 aromatic rings. The normalized spacial score (nSPS) is 12.0. The fourth-order valence-electron chi connectivity index (χ4n) is 1.97. The van der Waals surface area contributed by atoms with Gasteiger partial charge in [-0.05, 0) is 55.1 Å². The van der Waals surface area contributed by atoms with E-state index in [1.54, 1.807) is 23.9 Å². The molecule has 0 bridgehead atoms. The maximum atomic E-state index is 13.4. The Morgan fingerprint density at radius 1 is 1.15 bits per heavy atom. The molecule has 0 spiro atoms. The second-order valence-electron chi connectivity index (χ2n) is 4.49. The van der Waals surface area contributed by atoms with E-state index in [1.807, 2.05) is 19.1 Å². The molecule has 0 aromatic heterocycles. The van der Waals surface area contributed by atoms with Gasteiger partial charge in [0.25, 0.3) is 0 Å². The van der Waals surface area contributed by atoms with Gasteiger partial charge in [-0.3, -0.25) is 0 Å². The number of anilines is 1. The number of benzene rings is 2. The summed E-state index contributed by atoms with van der Waals surface area (Å²) in [7, 11) is 1.47. The van der Waals surface area contributed by atoms with Crippen LogP contribution in [-0.4, -0.2) is 13.4 Å². The van der Waals surface area contributed by atoms with Gasteiger partial charge >= 0.3 is 0 Å². The molecule has 0 aliphatic rings. The zero-order chi connectivity index (χ0) is 14.5. The van der Waals surface area contributed by atoms with Crippen LogP contribution in [0.15, 0.2) is 47.4 Å². The Kier molecular flexibility index (Phi) is 4.90. The van der Waals surface area contributed by atoms with Crippen molar-refractivity contribution < 1.29 is 9.13 Å². The van der Waals surface area contributed by atoms with Crippen LogP contribution in [0.1, 0.15) is 18.5 Å². The van der Waals surface area contributed by atoms with Crippen molar-refractivity contribution in [2.45, 2.75) is 17.9 Å². The molecule has 0 fully saturated rings. The van der Waals surface area contributed by atoms with Gasteiger partial charge in [0, 0.05) is 16.6 Å². The average molecular weight is 291 g/mol. The van der Waals surface area contributed by atoms with Crippen molar-refractivity contribution in [1.29, 1.82) is 0 Å². The number of nitrogens with one attached hydrogen (secondary N) is 1. The predicted molar refractivity (Wildman–Crippen MR) is 83.2 cm³/mol. The zero-order valence-electron chi connectivity index (χ0n) is 11.8. The summed E-state index contributed by atoms with van der Waals surface area (Å²) in [5.74, 6) is -0.0679. The number of halogens is 1. The van der Waals surface area contributed by atoms with Gasteiger partial charge < -0.3 is 10.1 Å². The highest BCUT2D eigenvalue weighted by Crippen LogP contribution is 2.26. The Labute approximate surface area is 123 Å². The Morgan fingerprint density at radius 2 is 1.85 bits per heavy atom. The van der Waals surface area contributed by atoms with Crippen LogP contribution in [0.2, 0.25) is 0 Å². The van der Waals surface area contributed by atoms with E-state index >= 15 is 0 Å². The molecular weight excluding hydrogens is 273 g/mol. The third kappa shape index (κ3) is 3.45. The summed E-state index contributed by atoms with van der Waals surface area (Å²) in [6.07, 6.45) is 2.05. The fraction of sp³-hybridized carbons (Fsp3) is 0.250. The molecule has 1 atom stereocenters. The fourth-order valence-corrected chi connectivity index (χ4v) is 2.37. The molecule has 20 heavy (non-hydrogen) atoms. The van der Waals surface area contributed by atoms with E-state index in [0.29, 0.717) is 0 Å². The lowest BCUT2D eigenvalue weighted by molar-refractivity contribution is 0.385. The van der Waals surface area contributed by atoms with Gasteiger partial charge in [0.05, 0.1) is 7.11 Å². The van der Waals surface area contributed by atoms with Crippen LogP contribution in [0.3, 0.4) is 0 Å². The van der Waals surface area contributed by atoms with Gasteiger partial charge in [-0.1, -0.05) is 6.07 Å². The Balaban J connectivity index is 2.12. The van der Waals surface area contributed by atoms with Crippen LogP contribution in [0, 0.1) is 5.82 Å². The number of ether oxygens (including phenoxy) is 1. The smallest absolute Gasteiger partial charge is 0.165 e. The summed E-state index contributed by atoms with van der Waals surface area (Å²) in [5, 5.41) is 3.39. The molecule has 0 aliphatic heterocycles. The zero-order valence-corrected chi connectivity index (χ0v) is 12.6. The molecule has 2 aromatic carbocycles. The lowest BCUT2D eigenvalue weighted by atomic mass is 10.1. The van der Waals surface area contributed by atoms with Gasteiger partial charge in [-0.2, -0.15) is 0 Å². The van der Waals surface area contributed by atoms with E-state index in [0.717, 1.165) is 11.3 Å². The van der Waals surface area contributed by atoms with Crippen molar-refractivity contribution in [3.63, 3.8) is 0 Å². The Bertz CT molecular complexity index is 571. The number of rotatable bonds is 5. The maximum Gasteiger partial charge on any atom is 0.165 e. The SMILES string of the molecule is COc1cc(C(C)Nc2ccc(SC)cc2)ccc1F. The molecule has 0 radical (unpaired) electrons. The summed E-state index contributed by atoms with van der Waals surface area (Å²) in [6, 6.07) is 13.2. The first-order chi connectivity index (χ1) is 9.63. The van der Waals surface area contributed by atoms with E-state index in [-0.39, 0.29) is 17.6 Å². The van der Waals surface area contributed by atoms with Crippen LogP contribution in [0.25, 0.3) is 0 Å². The summed E-state index contributed by atoms with van der Waals surface area (Å²) < 4.78 is 18.4. The second kappa shape index (κ2) is 6.66. The molecule has 0 heterocycles. The van der Waals surface area contributed by atoms with Crippen molar-refractivity contribution in [3.05, 3.63) is 53.8 Å². The van der Waals surface area contributed by atoms with E-state index in [4.69, 9.17) is 4.74 Å². The molecule has 0 saturated heterocycles. The Hall–Kier alpha value is -1.68. The van der Waals surface area contributed by atoms with E-state index in [9.17, 15) is 4.39 Å². The molecule has 2 nitrogen and oxygen atoms in total. The summed E-state index contributed by atoms with van der Waals surface area (Å²) >= 11 is 1.71. The lowest BCUT2D eigenvalue weighted by Crippen LogP contribution is -2.07. The molecule has 1 unspecified atom stereocenters. The number of hydrogen-bond donors (Lipinski definition) is 1. The largest absolute Gasteiger partial charge is 0.494 e. The van der Waals surface area contributed by atoms with Gasteiger partial charge in [-0.15, -0.1) is 11.8 Å². The number of thioether (sulfide) groups is 1. The van der Waals surface area contributed by atoms with E-state index < -0.39 is 0 Å².